The van der Waals surface area contributed by atoms with Gasteiger partial charge in [-0.15, -0.1) is 0 Å². The van der Waals surface area contributed by atoms with E-state index in [-0.39, 0.29) is 28.4 Å². The van der Waals surface area contributed by atoms with Crippen LogP contribution in [0.15, 0.2) is 42.5 Å². The van der Waals surface area contributed by atoms with Crippen molar-refractivity contribution in [2.75, 3.05) is 18.0 Å². The van der Waals surface area contributed by atoms with Crippen LogP contribution in [0.3, 0.4) is 0 Å². The number of likely N-dealkylation sites (tertiary alicyclic amines) is 1. The molecule has 8 heteroatoms. The zero-order chi connectivity index (χ0) is 20.5. The summed E-state index contributed by atoms with van der Waals surface area (Å²) in [6.07, 6.45) is 4.10. The first-order valence-corrected chi connectivity index (χ1v) is 9.54. The van der Waals surface area contributed by atoms with Crippen LogP contribution in [0.2, 0.25) is 0 Å². The number of carbonyl (C=O) groups is 3. The maximum atomic E-state index is 12.9. The summed E-state index contributed by atoms with van der Waals surface area (Å²) in [5.74, 6) is -1.29. The van der Waals surface area contributed by atoms with E-state index in [9.17, 15) is 24.5 Å². The molecule has 0 N–H and O–H groups in total. The van der Waals surface area contributed by atoms with E-state index in [1.165, 1.54) is 36.4 Å². The highest BCUT2D eigenvalue weighted by molar-refractivity contribution is 6.34. The molecule has 1 fully saturated rings. The molecule has 2 aromatic carbocycles. The van der Waals surface area contributed by atoms with Crippen molar-refractivity contribution in [1.29, 1.82) is 0 Å². The van der Waals surface area contributed by atoms with Gasteiger partial charge < -0.3 is 4.90 Å². The molecule has 0 aromatic heterocycles. The van der Waals surface area contributed by atoms with Crippen molar-refractivity contribution >= 4 is 29.1 Å². The van der Waals surface area contributed by atoms with Crippen molar-refractivity contribution in [1.82, 2.24) is 4.90 Å². The number of nitrogens with zero attached hydrogens (tertiary/aromatic N) is 3. The molecule has 8 nitrogen and oxygen atoms in total. The van der Waals surface area contributed by atoms with Gasteiger partial charge >= 0.3 is 0 Å². The van der Waals surface area contributed by atoms with Crippen molar-refractivity contribution < 1.29 is 19.3 Å². The second-order valence-electron chi connectivity index (χ2n) is 7.19. The Morgan fingerprint density at radius 1 is 0.897 bits per heavy atom. The fraction of sp³-hybridized carbons (Fsp3) is 0.286. The molecule has 0 spiro atoms. The van der Waals surface area contributed by atoms with Gasteiger partial charge in [0.1, 0.15) is 0 Å². The van der Waals surface area contributed by atoms with Gasteiger partial charge in [-0.2, -0.15) is 0 Å². The number of non-ortho nitro benzene ring substituents is 1. The monoisotopic (exact) mass is 393 g/mol. The molecule has 0 atom stereocenters. The van der Waals surface area contributed by atoms with E-state index in [2.05, 4.69) is 0 Å². The Labute approximate surface area is 166 Å². The van der Waals surface area contributed by atoms with E-state index in [1.54, 1.807) is 11.0 Å². The number of nitro benzene ring substituents is 1. The summed E-state index contributed by atoms with van der Waals surface area (Å²) in [6.45, 7) is 1.37. The number of hydrogen-bond acceptors (Lipinski definition) is 5. The molecule has 2 aromatic rings. The molecule has 0 radical (unpaired) electrons. The highest BCUT2D eigenvalue weighted by Crippen LogP contribution is 2.31. The SMILES string of the molecule is O=C(c1ccc2c(c1)C(=O)N(c1cccc([N+](=O)[O-])c1)C2=O)N1CCCCCC1. The van der Waals surface area contributed by atoms with E-state index in [1.807, 2.05) is 0 Å². The van der Waals surface area contributed by atoms with E-state index in [4.69, 9.17) is 0 Å². The van der Waals surface area contributed by atoms with Crippen LogP contribution in [0.4, 0.5) is 11.4 Å². The third-order valence-electron chi connectivity index (χ3n) is 5.33. The highest BCUT2D eigenvalue weighted by atomic mass is 16.6. The van der Waals surface area contributed by atoms with Crippen molar-refractivity contribution in [3.8, 4) is 0 Å². The number of hydrogen-bond donors (Lipinski definition) is 0. The van der Waals surface area contributed by atoms with Gasteiger partial charge in [-0.05, 0) is 37.1 Å². The smallest absolute Gasteiger partial charge is 0.271 e. The second-order valence-corrected chi connectivity index (χ2v) is 7.19. The van der Waals surface area contributed by atoms with E-state index in [0.29, 0.717) is 18.7 Å². The van der Waals surface area contributed by atoms with Crippen LogP contribution in [0.1, 0.15) is 56.8 Å². The van der Waals surface area contributed by atoms with Gasteiger partial charge in [0, 0.05) is 30.8 Å². The third kappa shape index (κ3) is 3.37. The minimum atomic E-state index is -0.587. The minimum Gasteiger partial charge on any atom is -0.339 e. The number of amides is 3. The lowest BCUT2D eigenvalue weighted by Crippen LogP contribution is -2.32. The van der Waals surface area contributed by atoms with Crippen LogP contribution in [-0.2, 0) is 0 Å². The van der Waals surface area contributed by atoms with Crippen LogP contribution >= 0.6 is 0 Å². The van der Waals surface area contributed by atoms with Crippen LogP contribution < -0.4 is 4.90 Å². The number of nitro groups is 1. The van der Waals surface area contributed by atoms with E-state index >= 15 is 0 Å². The normalized spacial score (nSPS) is 16.6. The Balaban J connectivity index is 1.65. The van der Waals surface area contributed by atoms with Gasteiger partial charge in [0.2, 0.25) is 0 Å². The fourth-order valence-corrected chi connectivity index (χ4v) is 3.81. The zero-order valence-corrected chi connectivity index (χ0v) is 15.7. The first-order valence-electron chi connectivity index (χ1n) is 9.54. The van der Waals surface area contributed by atoms with Gasteiger partial charge in [-0.3, -0.25) is 24.5 Å². The number of anilines is 1. The van der Waals surface area contributed by atoms with Gasteiger partial charge in [-0.1, -0.05) is 18.9 Å². The first-order chi connectivity index (χ1) is 14.0. The first kappa shape index (κ1) is 18.8. The number of rotatable bonds is 3. The van der Waals surface area contributed by atoms with Gasteiger partial charge in [0.05, 0.1) is 21.7 Å². The summed E-state index contributed by atoms with van der Waals surface area (Å²) in [4.78, 5) is 51.7. The number of imide groups is 1. The van der Waals surface area contributed by atoms with Crippen molar-refractivity contribution in [2.24, 2.45) is 0 Å². The van der Waals surface area contributed by atoms with E-state index < -0.39 is 16.7 Å². The minimum absolute atomic E-state index is 0.130. The van der Waals surface area contributed by atoms with Gasteiger partial charge in [0.25, 0.3) is 23.4 Å². The quantitative estimate of drug-likeness (QED) is 0.452. The number of fused-ring (bicyclic) bond motifs is 1. The molecule has 1 saturated heterocycles. The van der Waals surface area contributed by atoms with Crippen LogP contribution in [0, 0.1) is 10.1 Å². The van der Waals surface area contributed by atoms with Crippen LogP contribution in [0.25, 0.3) is 0 Å². The summed E-state index contributed by atoms with van der Waals surface area (Å²) >= 11 is 0. The Bertz CT molecular complexity index is 1020. The zero-order valence-electron chi connectivity index (χ0n) is 15.7. The summed E-state index contributed by atoms with van der Waals surface area (Å²) in [5.41, 5.74) is 0.616. The third-order valence-corrected chi connectivity index (χ3v) is 5.33. The Kier molecular flexibility index (Phi) is 4.84. The molecule has 148 valence electrons. The molecule has 4 rings (SSSR count). The molecule has 0 aliphatic carbocycles. The van der Waals surface area contributed by atoms with Gasteiger partial charge in [0.15, 0.2) is 0 Å². The molecule has 3 amide bonds. The van der Waals surface area contributed by atoms with Crippen LogP contribution in [0.5, 0.6) is 0 Å². The lowest BCUT2D eigenvalue weighted by atomic mass is 10.0. The van der Waals surface area contributed by atoms with E-state index in [0.717, 1.165) is 30.6 Å². The maximum absolute atomic E-state index is 12.9. The topological polar surface area (TPSA) is 101 Å². The average molecular weight is 393 g/mol. The molecule has 2 aliphatic rings. The molecule has 29 heavy (non-hydrogen) atoms. The summed E-state index contributed by atoms with van der Waals surface area (Å²) < 4.78 is 0. The van der Waals surface area contributed by atoms with Crippen molar-refractivity contribution in [3.63, 3.8) is 0 Å². The summed E-state index contributed by atoms with van der Waals surface area (Å²) in [6, 6.07) is 9.88. The predicted molar refractivity (Wildman–Crippen MR) is 105 cm³/mol. The van der Waals surface area contributed by atoms with Crippen molar-refractivity contribution in [3.05, 3.63) is 69.3 Å². The molecular formula is C21H19N3O5. The van der Waals surface area contributed by atoms with Gasteiger partial charge in [-0.25, -0.2) is 4.90 Å². The Hall–Kier alpha value is -3.55. The molecular weight excluding hydrogens is 374 g/mol. The highest BCUT2D eigenvalue weighted by Gasteiger charge is 2.38. The number of benzene rings is 2. The molecule has 0 saturated carbocycles. The largest absolute Gasteiger partial charge is 0.339 e. The van der Waals surface area contributed by atoms with Crippen molar-refractivity contribution in [2.45, 2.75) is 25.7 Å². The Morgan fingerprint density at radius 3 is 2.28 bits per heavy atom. The molecule has 0 bridgehead atoms. The molecule has 0 unspecified atom stereocenters. The summed E-state index contributed by atoms with van der Waals surface area (Å²) in [5, 5.41) is 11.0. The number of carbonyl (C=O) groups excluding carboxylic acids is 3. The summed E-state index contributed by atoms with van der Waals surface area (Å²) in [7, 11) is 0. The van der Waals surface area contributed by atoms with Crippen LogP contribution in [-0.4, -0.2) is 40.6 Å². The lowest BCUT2D eigenvalue weighted by molar-refractivity contribution is -0.384. The lowest BCUT2D eigenvalue weighted by Gasteiger charge is -2.20. The molecule has 2 aliphatic heterocycles. The maximum Gasteiger partial charge on any atom is 0.271 e. The second kappa shape index (κ2) is 7.46. The standard InChI is InChI=1S/C21H19N3O5/c25-19(22-10-3-1-2-4-11-22)14-8-9-17-18(12-14)21(27)23(20(17)26)15-6-5-7-16(13-15)24(28)29/h5-9,12-13H,1-4,10-11H2. The molecule has 2 heterocycles. The Morgan fingerprint density at radius 2 is 1.59 bits per heavy atom. The predicted octanol–water partition coefficient (Wildman–Crippen LogP) is 3.41. The average Bonchev–Trinajstić information content (AvgIpc) is 2.90. The fourth-order valence-electron chi connectivity index (χ4n) is 3.81.